The number of aryl methyl sites for hydroxylation is 3. The van der Waals surface area contributed by atoms with Crippen LogP contribution in [-0.2, 0) is 28.9 Å². The van der Waals surface area contributed by atoms with Gasteiger partial charge in [0, 0.05) is 12.8 Å². The predicted octanol–water partition coefficient (Wildman–Crippen LogP) is 10.1. The number of benzene rings is 1. The number of carbonyl (C=O) groups is 2. The van der Waals surface area contributed by atoms with Crippen LogP contribution in [0.4, 0.5) is 0 Å². The van der Waals surface area contributed by atoms with Gasteiger partial charge in [-0.15, -0.1) is 0 Å². The van der Waals surface area contributed by atoms with Gasteiger partial charge in [0.25, 0.3) is 0 Å². The Morgan fingerprint density at radius 1 is 0.500 bits per heavy atom. The maximum absolute atomic E-state index is 10.6. The number of rotatable bonds is 27. The summed E-state index contributed by atoms with van der Waals surface area (Å²) in [5.74, 6) is -1.35. The maximum Gasteiger partial charge on any atom is 0.303 e. The van der Waals surface area contributed by atoms with Gasteiger partial charge < -0.3 is 10.2 Å². The topological polar surface area (TPSA) is 74.6 Å². The van der Waals surface area contributed by atoms with Gasteiger partial charge in [-0.25, -0.2) is 0 Å². The highest BCUT2D eigenvalue weighted by atomic mass is 16.4. The third-order valence-corrected chi connectivity index (χ3v) is 7.76. The second-order valence-corrected chi connectivity index (χ2v) is 11.4. The molecule has 0 radical (unpaired) electrons. The molecule has 0 aliphatic heterocycles. The van der Waals surface area contributed by atoms with Gasteiger partial charge in [-0.3, -0.25) is 9.59 Å². The van der Waals surface area contributed by atoms with Gasteiger partial charge in [-0.2, -0.15) is 0 Å². The van der Waals surface area contributed by atoms with Crippen LogP contribution in [0.5, 0.6) is 0 Å². The molecular formula is C34H58O4. The van der Waals surface area contributed by atoms with E-state index in [1.807, 2.05) is 0 Å². The Kier molecular flexibility index (Phi) is 21.8. The van der Waals surface area contributed by atoms with Crippen molar-refractivity contribution in [3.8, 4) is 0 Å². The first-order valence-electron chi connectivity index (χ1n) is 16.1. The van der Waals surface area contributed by atoms with E-state index in [0.717, 1.165) is 38.5 Å². The Morgan fingerprint density at radius 3 is 1.37 bits per heavy atom. The lowest BCUT2D eigenvalue weighted by molar-refractivity contribution is -0.138. The lowest BCUT2D eigenvalue weighted by Gasteiger charge is -2.13. The van der Waals surface area contributed by atoms with Gasteiger partial charge in [-0.1, -0.05) is 121 Å². The molecule has 0 bridgehead atoms. The molecule has 0 atom stereocenters. The van der Waals surface area contributed by atoms with E-state index in [4.69, 9.17) is 10.2 Å². The van der Waals surface area contributed by atoms with E-state index in [2.05, 4.69) is 25.1 Å². The first kappa shape index (κ1) is 34.2. The van der Waals surface area contributed by atoms with Gasteiger partial charge in [-0.05, 0) is 68.1 Å². The lowest BCUT2D eigenvalue weighted by Crippen LogP contribution is -1.99. The molecule has 0 unspecified atom stereocenters. The molecule has 1 aromatic carbocycles. The van der Waals surface area contributed by atoms with E-state index in [1.54, 1.807) is 11.1 Å². The lowest BCUT2D eigenvalue weighted by atomic mass is 9.93. The molecule has 2 N–H and O–H groups in total. The van der Waals surface area contributed by atoms with E-state index in [-0.39, 0.29) is 0 Å². The third kappa shape index (κ3) is 20.2. The summed E-state index contributed by atoms with van der Waals surface area (Å²) in [6.07, 6.45) is 28.3. The van der Waals surface area contributed by atoms with Crippen molar-refractivity contribution in [1.82, 2.24) is 0 Å². The number of unbranched alkanes of at least 4 members (excludes halogenated alkanes) is 17. The Morgan fingerprint density at radius 2 is 0.895 bits per heavy atom. The number of carboxylic acid groups (broad SMARTS) is 2. The normalized spacial score (nSPS) is 11.2. The maximum atomic E-state index is 10.6. The summed E-state index contributed by atoms with van der Waals surface area (Å²) in [6.45, 7) is 2.27. The quantitative estimate of drug-likeness (QED) is 0.111. The van der Waals surface area contributed by atoms with Crippen LogP contribution in [0.2, 0.25) is 0 Å². The van der Waals surface area contributed by atoms with Crippen molar-refractivity contribution in [2.75, 3.05) is 0 Å². The van der Waals surface area contributed by atoms with Crippen molar-refractivity contribution in [1.29, 1.82) is 0 Å². The van der Waals surface area contributed by atoms with Gasteiger partial charge >= 0.3 is 11.9 Å². The fourth-order valence-corrected chi connectivity index (χ4v) is 5.37. The smallest absolute Gasteiger partial charge is 0.303 e. The van der Waals surface area contributed by atoms with Crippen LogP contribution in [0.1, 0.15) is 165 Å². The summed E-state index contributed by atoms with van der Waals surface area (Å²) in [7, 11) is 0. The number of hydrogen-bond acceptors (Lipinski definition) is 2. The molecule has 0 saturated carbocycles. The number of carboxylic acids is 2. The first-order valence-corrected chi connectivity index (χ1v) is 16.1. The molecule has 1 aromatic rings. The van der Waals surface area contributed by atoms with Crippen LogP contribution in [0.3, 0.4) is 0 Å². The predicted molar refractivity (Wildman–Crippen MR) is 160 cm³/mol. The summed E-state index contributed by atoms with van der Waals surface area (Å²) < 4.78 is 0. The van der Waals surface area contributed by atoms with Crippen molar-refractivity contribution >= 4 is 11.9 Å². The first-order chi connectivity index (χ1) is 18.5. The van der Waals surface area contributed by atoms with Crippen LogP contribution < -0.4 is 0 Å². The zero-order valence-corrected chi connectivity index (χ0v) is 24.6. The molecule has 0 aliphatic rings. The van der Waals surface area contributed by atoms with Crippen molar-refractivity contribution in [3.05, 3.63) is 34.9 Å². The molecule has 218 valence electrons. The van der Waals surface area contributed by atoms with Crippen LogP contribution in [0.25, 0.3) is 0 Å². The average molecular weight is 531 g/mol. The SMILES string of the molecule is CCCCCCCCc1ccc(CCCCCCCCCC(=O)O)c(CCCCCCCCCC(=O)O)c1. The highest BCUT2D eigenvalue weighted by molar-refractivity contribution is 5.66. The Hall–Kier alpha value is -1.84. The van der Waals surface area contributed by atoms with E-state index >= 15 is 0 Å². The van der Waals surface area contributed by atoms with Crippen LogP contribution in [0, 0.1) is 0 Å². The van der Waals surface area contributed by atoms with Crippen molar-refractivity contribution in [2.24, 2.45) is 0 Å². The molecule has 0 fully saturated rings. The van der Waals surface area contributed by atoms with E-state index in [9.17, 15) is 9.59 Å². The Labute approximate surface area is 234 Å². The van der Waals surface area contributed by atoms with E-state index in [0.29, 0.717) is 12.8 Å². The van der Waals surface area contributed by atoms with E-state index < -0.39 is 11.9 Å². The second kappa shape index (κ2) is 24.2. The molecule has 0 spiro atoms. The third-order valence-electron chi connectivity index (χ3n) is 7.76. The Balaban J connectivity index is 2.40. The fraction of sp³-hybridized carbons (Fsp3) is 0.765. The fourth-order valence-electron chi connectivity index (χ4n) is 5.37. The molecule has 0 saturated heterocycles. The molecule has 4 heteroatoms. The van der Waals surface area contributed by atoms with Gasteiger partial charge in [0.05, 0.1) is 0 Å². The molecule has 38 heavy (non-hydrogen) atoms. The van der Waals surface area contributed by atoms with Gasteiger partial charge in [0.15, 0.2) is 0 Å². The van der Waals surface area contributed by atoms with Crippen molar-refractivity contribution < 1.29 is 19.8 Å². The van der Waals surface area contributed by atoms with Crippen LogP contribution in [0.15, 0.2) is 18.2 Å². The Bertz CT molecular complexity index is 727. The van der Waals surface area contributed by atoms with Crippen LogP contribution in [-0.4, -0.2) is 22.2 Å². The minimum Gasteiger partial charge on any atom is -0.481 e. The molecule has 0 amide bonds. The highest BCUT2D eigenvalue weighted by Crippen LogP contribution is 2.21. The molecule has 4 nitrogen and oxygen atoms in total. The van der Waals surface area contributed by atoms with Crippen molar-refractivity contribution in [2.45, 2.75) is 167 Å². The zero-order chi connectivity index (χ0) is 27.7. The minimum absolute atomic E-state index is 0.310. The monoisotopic (exact) mass is 530 g/mol. The van der Waals surface area contributed by atoms with Crippen molar-refractivity contribution in [3.63, 3.8) is 0 Å². The summed E-state index contributed by atoms with van der Waals surface area (Å²) in [4.78, 5) is 21.2. The summed E-state index contributed by atoms with van der Waals surface area (Å²) >= 11 is 0. The number of hydrogen-bond donors (Lipinski definition) is 2. The molecule has 0 heterocycles. The van der Waals surface area contributed by atoms with Gasteiger partial charge in [0.1, 0.15) is 0 Å². The zero-order valence-electron chi connectivity index (χ0n) is 24.6. The highest BCUT2D eigenvalue weighted by Gasteiger charge is 2.06. The molecular weight excluding hydrogens is 472 g/mol. The average Bonchev–Trinajstić information content (AvgIpc) is 2.89. The summed E-state index contributed by atoms with van der Waals surface area (Å²) in [5, 5.41) is 17.5. The molecule has 1 rings (SSSR count). The minimum atomic E-state index is -0.674. The summed E-state index contributed by atoms with van der Waals surface area (Å²) in [5.41, 5.74) is 4.63. The largest absolute Gasteiger partial charge is 0.481 e. The summed E-state index contributed by atoms with van der Waals surface area (Å²) in [6, 6.07) is 7.30. The standard InChI is InChI=1S/C34H58O4/c1-2-3-4-5-12-17-22-30-27-28-31(23-18-13-8-6-10-15-20-25-33(35)36)32(29-30)24-19-14-9-7-11-16-21-26-34(37)38/h27-29H,2-26H2,1H3,(H,35,36)(H,37,38). The van der Waals surface area contributed by atoms with E-state index in [1.165, 1.54) is 115 Å². The molecule has 0 aromatic heterocycles. The number of aliphatic carboxylic acids is 2. The second-order valence-electron chi connectivity index (χ2n) is 11.4. The van der Waals surface area contributed by atoms with Gasteiger partial charge in [0.2, 0.25) is 0 Å². The molecule has 0 aliphatic carbocycles. The van der Waals surface area contributed by atoms with Crippen LogP contribution >= 0.6 is 0 Å².